The van der Waals surface area contributed by atoms with Crippen LogP contribution in [0.4, 0.5) is 9.18 Å². The zero-order valence-corrected chi connectivity index (χ0v) is 9.00. The summed E-state index contributed by atoms with van der Waals surface area (Å²) in [6.07, 6.45) is 0.677. The lowest BCUT2D eigenvalue weighted by atomic mass is 10.1. The lowest BCUT2D eigenvalue weighted by Crippen LogP contribution is -2.39. The second-order valence-electron chi connectivity index (χ2n) is 3.35. The monoisotopic (exact) mass is 225 g/mol. The minimum Gasteiger partial charge on any atom is -0.338 e. The Labute approximate surface area is 94.0 Å². The highest BCUT2D eigenvalue weighted by molar-refractivity contribution is 5.73. The average Bonchev–Trinajstić information content (AvgIpc) is 2.29. The maximum Gasteiger partial charge on any atom is 0.314 e. The normalized spacial score (nSPS) is 9.88. The van der Waals surface area contributed by atoms with E-state index in [-0.39, 0.29) is 11.8 Å². The largest absolute Gasteiger partial charge is 0.338 e. The zero-order chi connectivity index (χ0) is 11.8. The lowest BCUT2D eigenvalue weighted by Gasteiger charge is -2.06. The van der Waals surface area contributed by atoms with Crippen LogP contribution in [0.3, 0.4) is 0 Å². The number of carbonyl (C=O) groups is 1. The number of nitrogens with two attached hydrogens (primary N) is 1. The van der Waals surface area contributed by atoms with Crippen LogP contribution in [0, 0.1) is 5.82 Å². The molecular formula is C11H16FN3O. The molecule has 4 N–H and O–H groups in total. The molecule has 0 aliphatic rings. The number of urea groups is 1. The molecule has 0 radical (unpaired) electrons. The molecule has 1 aromatic carbocycles. The number of carbonyl (C=O) groups excluding carboxylic acids is 1. The van der Waals surface area contributed by atoms with E-state index < -0.39 is 0 Å². The fraction of sp³-hybridized carbons (Fsp3) is 0.364. The van der Waals surface area contributed by atoms with Gasteiger partial charge >= 0.3 is 6.03 Å². The highest BCUT2D eigenvalue weighted by Gasteiger charge is 1.98. The van der Waals surface area contributed by atoms with E-state index in [0.717, 1.165) is 5.56 Å². The van der Waals surface area contributed by atoms with Crippen molar-refractivity contribution in [2.75, 3.05) is 19.6 Å². The molecule has 0 fully saturated rings. The molecule has 88 valence electrons. The van der Waals surface area contributed by atoms with Crippen LogP contribution in [-0.4, -0.2) is 25.7 Å². The van der Waals surface area contributed by atoms with Gasteiger partial charge in [-0.05, 0) is 24.1 Å². The molecule has 0 aliphatic carbocycles. The van der Waals surface area contributed by atoms with E-state index in [9.17, 15) is 9.18 Å². The summed E-state index contributed by atoms with van der Waals surface area (Å²) in [7, 11) is 0. The molecule has 0 aliphatic heterocycles. The van der Waals surface area contributed by atoms with Gasteiger partial charge in [-0.1, -0.05) is 12.1 Å². The molecule has 0 saturated heterocycles. The van der Waals surface area contributed by atoms with Crippen LogP contribution in [-0.2, 0) is 6.42 Å². The molecule has 1 aromatic rings. The Morgan fingerprint density at radius 3 is 2.44 bits per heavy atom. The number of halogens is 1. The van der Waals surface area contributed by atoms with Crippen LogP contribution < -0.4 is 16.4 Å². The number of benzene rings is 1. The first-order chi connectivity index (χ1) is 7.72. The Morgan fingerprint density at radius 1 is 1.19 bits per heavy atom. The number of nitrogens with one attached hydrogen (secondary N) is 2. The van der Waals surface area contributed by atoms with E-state index in [1.54, 1.807) is 12.1 Å². The Kier molecular flexibility index (Phi) is 5.28. The summed E-state index contributed by atoms with van der Waals surface area (Å²) >= 11 is 0. The molecule has 4 nitrogen and oxygen atoms in total. The maximum absolute atomic E-state index is 12.6. The maximum atomic E-state index is 12.6. The quantitative estimate of drug-likeness (QED) is 0.688. The van der Waals surface area contributed by atoms with Crippen LogP contribution in [0.25, 0.3) is 0 Å². The van der Waals surface area contributed by atoms with E-state index in [0.29, 0.717) is 26.1 Å². The minimum atomic E-state index is -0.252. The SMILES string of the molecule is NCCNC(=O)NCCc1ccc(F)cc1. The second kappa shape index (κ2) is 6.79. The summed E-state index contributed by atoms with van der Waals surface area (Å²) in [6.45, 7) is 1.40. The summed E-state index contributed by atoms with van der Waals surface area (Å²) < 4.78 is 12.6. The van der Waals surface area contributed by atoms with Crippen LogP contribution >= 0.6 is 0 Å². The van der Waals surface area contributed by atoms with Gasteiger partial charge in [0.1, 0.15) is 5.82 Å². The molecule has 5 heteroatoms. The summed E-state index contributed by atoms with van der Waals surface area (Å²) in [5, 5.41) is 5.27. The van der Waals surface area contributed by atoms with Gasteiger partial charge in [0.2, 0.25) is 0 Å². The lowest BCUT2D eigenvalue weighted by molar-refractivity contribution is 0.241. The first-order valence-corrected chi connectivity index (χ1v) is 5.18. The van der Waals surface area contributed by atoms with Gasteiger partial charge in [0, 0.05) is 19.6 Å². The third-order valence-electron chi connectivity index (χ3n) is 2.04. The molecule has 0 aromatic heterocycles. The van der Waals surface area contributed by atoms with Gasteiger partial charge in [0.15, 0.2) is 0 Å². The Balaban J connectivity index is 2.20. The Hall–Kier alpha value is -1.62. The van der Waals surface area contributed by atoms with E-state index in [4.69, 9.17) is 5.73 Å². The third kappa shape index (κ3) is 4.75. The second-order valence-corrected chi connectivity index (χ2v) is 3.35. The zero-order valence-electron chi connectivity index (χ0n) is 9.00. The molecular weight excluding hydrogens is 209 g/mol. The Morgan fingerprint density at radius 2 is 1.81 bits per heavy atom. The van der Waals surface area contributed by atoms with Crippen molar-refractivity contribution in [3.63, 3.8) is 0 Å². The van der Waals surface area contributed by atoms with Gasteiger partial charge in [0.25, 0.3) is 0 Å². The van der Waals surface area contributed by atoms with Crippen molar-refractivity contribution in [1.82, 2.24) is 10.6 Å². The fourth-order valence-corrected chi connectivity index (χ4v) is 1.22. The molecule has 1 rings (SSSR count). The minimum absolute atomic E-state index is 0.229. The number of amides is 2. The van der Waals surface area contributed by atoms with E-state index >= 15 is 0 Å². The predicted molar refractivity (Wildman–Crippen MR) is 60.6 cm³/mol. The van der Waals surface area contributed by atoms with Gasteiger partial charge in [-0.3, -0.25) is 0 Å². The summed E-state index contributed by atoms with van der Waals surface area (Å²) in [5.74, 6) is -0.252. The number of hydrogen-bond acceptors (Lipinski definition) is 2. The smallest absolute Gasteiger partial charge is 0.314 e. The topological polar surface area (TPSA) is 67.1 Å². The first kappa shape index (κ1) is 12.4. The highest BCUT2D eigenvalue weighted by atomic mass is 19.1. The van der Waals surface area contributed by atoms with E-state index in [2.05, 4.69) is 10.6 Å². The van der Waals surface area contributed by atoms with Crippen molar-refractivity contribution >= 4 is 6.03 Å². The molecule has 0 spiro atoms. The van der Waals surface area contributed by atoms with Crippen molar-refractivity contribution in [2.24, 2.45) is 5.73 Å². The van der Waals surface area contributed by atoms with Gasteiger partial charge in [-0.25, -0.2) is 9.18 Å². The van der Waals surface area contributed by atoms with Gasteiger partial charge in [-0.15, -0.1) is 0 Å². The van der Waals surface area contributed by atoms with Gasteiger partial charge in [0.05, 0.1) is 0 Å². The molecule has 0 bridgehead atoms. The van der Waals surface area contributed by atoms with Gasteiger partial charge in [-0.2, -0.15) is 0 Å². The molecule has 0 atom stereocenters. The molecule has 16 heavy (non-hydrogen) atoms. The van der Waals surface area contributed by atoms with E-state index in [1.807, 2.05) is 0 Å². The number of rotatable bonds is 5. The van der Waals surface area contributed by atoms with Crippen molar-refractivity contribution in [2.45, 2.75) is 6.42 Å². The van der Waals surface area contributed by atoms with Crippen LogP contribution in [0.1, 0.15) is 5.56 Å². The summed E-state index contributed by atoms with van der Waals surface area (Å²) in [4.78, 5) is 11.1. The number of hydrogen-bond donors (Lipinski definition) is 3. The molecule has 0 unspecified atom stereocenters. The van der Waals surface area contributed by atoms with Crippen LogP contribution in [0.5, 0.6) is 0 Å². The standard InChI is InChI=1S/C11H16FN3O/c12-10-3-1-9(2-4-10)5-7-14-11(16)15-8-6-13/h1-4H,5-8,13H2,(H2,14,15,16). The fourth-order valence-electron chi connectivity index (χ4n) is 1.22. The third-order valence-corrected chi connectivity index (χ3v) is 2.04. The van der Waals surface area contributed by atoms with Gasteiger partial charge < -0.3 is 16.4 Å². The van der Waals surface area contributed by atoms with Crippen molar-refractivity contribution in [3.05, 3.63) is 35.6 Å². The molecule has 2 amide bonds. The summed E-state index contributed by atoms with van der Waals surface area (Å²) in [5.41, 5.74) is 6.22. The molecule has 0 heterocycles. The molecule has 0 saturated carbocycles. The summed E-state index contributed by atoms with van der Waals surface area (Å²) in [6, 6.07) is 5.99. The Bertz CT molecular complexity index is 327. The van der Waals surface area contributed by atoms with Crippen LogP contribution in [0.2, 0.25) is 0 Å². The van der Waals surface area contributed by atoms with Crippen molar-refractivity contribution in [3.8, 4) is 0 Å². The van der Waals surface area contributed by atoms with E-state index in [1.165, 1.54) is 12.1 Å². The average molecular weight is 225 g/mol. The van der Waals surface area contributed by atoms with Crippen molar-refractivity contribution in [1.29, 1.82) is 0 Å². The predicted octanol–water partition coefficient (Wildman–Crippen LogP) is 0.626. The van der Waals surface area contributed by atoms with Crippen molar-refractivity contribution < 1.29 is 9.18 Å². The first-order valence-electron chi connectivity index (χ1n) is 5.18. The highest BCUT2D eigenvalue weighted by Crippen LogP contribution is 2.02. The van der Waals surface area contributed by atoms with Crippen LogP contribution in [0.15, 0.2) is 24.3 Å².